The van der Waals surface area contributed by atoms with Crippen LogP contribution >= 0.6 is 11.8 Å². The second-order valence-electron chi connectivity index (χ2n) is 5.78. The van der Waals surface area contributed by atoms with E-state index < -0.39 is 0 Å². The monoisotopic (exact) mass is 294 g/mol. The summed E-state index contributed by atoms with van der Waals surface area (Å²) in [4.78, 5) is 1.26. The van der Waals surface area contributed by atoms with Crippen LogP contribution in [0.15, 0.2) is 35.2 Å². The number of rotatable bonds is 7. The van der Waals surface area contributed by atoms with Crippen LogP contribution in [0.5, 0.6) is 0 Å². The Hall–Kier alpha value is -0.510. The van der Waals surface area contributed by atoms with Gasteiger partial charge in [-0.3, -0.25) is 0 Å². The summed E-state index contributed by atoms with van der Waals surface area (Å²) in [5.41, 5.74) is 0. The summed E-state index contributed by atoms with van der Waals surface area (Å²) in [6.07, 6.45) is 8.19. The summed E-state index contributed by atoms with van der Waals surface area (Å²) in [5, 5.41) is 19.6. The third-order valence-corrected chi connectivity index (χ3v) is 5.85. The molecule has 1 aliphatic carbocycles. The number of unbranched alkanes of at least 4 members (excludes halogenated alkanes) is 1. The quantitative estimate of drug-likeness (QED) is 0.747. The lowest BCUT2D eigenvalue weighted by atomic mass is 9.82. The second-order valence-corrected chi connectivity index (χ2v) is 7.26. The number of benzene rings is 1. The van der Waals surface area contributed by atoms with E-state index in [0.717, 1.165) is 32.1 Å². The molecule has 1 aromatic carbocycles. The largest absolute Gasteiger partial charge is 0.396 e. The van der Waals surface area contributed by atoms with E-state index in [1.165, 1.54) is 24.2 Å². The lowest BCUT2D eigenvalue weighted by molar-refractivity contribution is 0.0941. The van der Waals surface area contributed by atoms with Crippen molar-refractivity contribution in [1.82, 2.24) is 0 Å². The minimum absolute atomic E-state index is 0.0188. The number of thioether (sulfide) groups is 1. The van der Waals surface area contributed by atoms with Crippen LogP contribution in [0.25, 0.3) is 0 Å². The van der Waals surface area contributed by atoms with Crippen LogP contribution in [0.1, 0.15) is 51.4 Å². The Labute approximate surface area is 126 Å². The smallest absolute Gasteiger partial charge is 0.0690 e. The zero-order valence-electron chi connectivity index (χ0n) is 12.1. The van der Waals surface area contributed by atoms with E-state index in [1.807, 2.05) is 17.8 Å². The molecule has 1 fully saturated rings. The maximum atomic E-state index is 10.7. The maximum Gasteiger partial charge on any atom is 0.0690 e. The van der Waals surface area contributed by atoms with E-state index in [-0.39, 0.29) is 17.5 Å². The molecule has 1 saturated carbocycles. The van der Waals surface area contributed by atoms with Crippen LogP contribution in [-0.2, 0) is 0 Å². The molecule has 1 atom stereocenters. The molecule has 0 aliphatic heterocycles. The van der Waals surface area contributed by atoms with Gasteiger partial charge in [0.2, 0.25) is 0 Å². The third-order valence-electron chi connectivity index (χ3n) is 4.26. The van der Waals surface area contributed by atoms with E-state index in [9.17, 15) is 5.11 Å². The zero-order valence-corrected chi connectivity index (χ0v) is 12.9. The maximum absolute atomic E-state index is 10.7. The van der Waals surface area contributed by atoms with Crippen LogP contribution in [0, 0.1) is 0 Å². The first-order chi connectivity index (χ1) is 9.77. The summed E-state index contributed by atoms with van der Waals surface area (Å²) in [6, 6.07) is 10.5. The van der Waals surface area contributed by atoms with Crippen LogP contribution in [0.2, 0.25) is 0 Å². The molecule has 112 valence electrons. The van der Waals surface area contributed by atoms with Gasteiger partial charge in [0.25, 0.3) is 0 Å². The van der Waals surface area contributed by atoms with Crippen molar-refractivity contribution in [2.24, 2.45) is 0 Å². The summed E-state index contributed by atoms with van der Waals surface area (Å²) >= 11 is 1.87. The van der Waals surface area contributed by atoms with Crippen LogP contribution in [0.3, 0.4) is 0 Å². The molecule has 2 nitrogen and oxygen atoms in total. The van der Waals surface area contributed by atoms with Crippen molar-refractivity contribution in [2.45, 2.75) is 67.1 Å². The molecule has 1 unspecified atom stereocenters. The molecule has 1 aliphatic rings. The predicted octanol–water partition coefficient (Wildman–Crippen LogP) is 4.01. The summed E-state index contributed by atoms with van der Waals surface area (Å²) in [6.45, 7) is 0.228. The number of aliphatic hydroxyl groups excluding tert-OH is 2. The minimum atomic E-state index is -0.264. The van der Waals surface area contributed by atoms with Crippen molar-refractivity contribution in [2.75, 3.05) is 6.61 Å². The van der Waals surface area contributed by atoms with Gasteiger partial charge in [-0.2, -0.15) is 0 Å². The highest BCUT2D eigenvalue weighted by atomic mass is 32.2. The lowest BCUT2D eigenvalue weighted by Crippen LogP contribution is -2.41. The van der Waals surface area contributed by atoms with E-state index in [4.69, 9.17) is 5.11 Å². The summed E-state index contributed by atoms with van der Waals surface area (Å²) in [7, 11) is 0. The highest BCUT2D eigenvalue weighted by Crippen LogP contribution is 2.47. The molecule has 3 heteroatoms. The number of hydrogen-bond donors (Lipinski definition) is 2. The standard InChI is InChI=1S/C17H26O2S/c18-14-8-5-11-16(19)17(12-6-2-7-13-17)20-15-9-3-1-4-10-15/h1,3-4,9-10,16,18-19H,2,5-8,11-14H2. The fraction of sp³-hybridized carbons (Fsp3) is 0.647. The molecule has 1 aromatic rings. The minimum Gasteiger partial charge on any atom is -0.396 e. The van der Waals surface area contributed by atoms with Gasteiger partial charge in [-0.15, -0.1) is 11.8 Å². The van der Waals surface area contributed by atoms with Gasteiger partial charge in [-0.1, -0.05) is 37.5 Å². The van der Waals surface area contributed by atoms with Gasteiger partial charge >= 0.3 is 0 Å². The molecule has 0 spiro atoms. The Kier molecular flexibility index (Phi) is 6.40. The highest BCUT2D eigenvalue weighted by Gasteiger charge is 2.39. The number of aliphatic hydroxyl groups is 2. The molecule has 0 radical (unpaired) electrons. The van der Waals surface area contributed by atoms with E-state index >= 15 is 0 Å². The molecule has 0 bridgehead atoms. The second kappa shape index (κ2) is 8.06. The van der Waals surface area contributed by atoms with E-state index in [0.29, 0.717) is 0 Å². The normalized spacial score (nSPS) is 19.7. The van der Waals surface area contributed by atoms with E-state index in [2.05, 4.69) is 24.3 Å². The molecular weight excluding hydrogens is 268 g/mol. The van der Waals surface area contributed by atoms with Crippen LogP contribution in [0.4, 0.5) is 0 Å². The third kappa shape index (κ3) is 4.24. The highest BCUT2D eigenvalue weighted by molar-refractivity contribution is 8.00. The van der Waals surface area contributed by atoms with Crippen molar-refractivity contribution in [3.8, 4) is 0 Å². The van der Waals surface area contributed by atoms with Gasteiger partial charge in [0.15, 0.2) is 0 Å². The summed E-state index contributed by atoms with van der Waals surface area (Å²) < 4.78 is -0.0188. The fourth-order valence-electron chi connectivity index (χ4n) is 3.09. The molecule has 2 rings (SSSR count). The average Bonchev–Trinajstić information content (AvgIpc) is 2.49. The molecule has 0 heterocycles. The first-order valence-corrected chi connectivity index (χ1v) is 8.61. The van der Waals surface area contributed by atoms with Gasteiger partial charge < -0.3 is 10.2 Å². The lowest BCUT2D eigenvalue weighted by Gasteiger charge is -2.40. The first kappa shape index (κ1) is 15.9. The van der Waals surface area contributed by atoms with Gasteiger partial charge in [-0.05, 0) is 44.2 Å². The van der Waals surface area contributed by atoms with Gasteiger partial charge in [-0.25, -0.2) is 0 Å². The van der Waals surface area contributed by atoms with Gasteiger partial charge in [0.1, 0.15) is 0 Å². The molecular formula is C17H26O2S. The SMILES string of the molecule is OCCCCC(O)C1(Sc2ccccc2)CCCCC1. The Morgan fingerprint density at radius 2 is 1.75 bits per heavy atom. The Morgan fingerprint density at radius 1 is 1.05 bits per heavy atom. The Balaban J connectivity index is 2.04. The molecule has 20 heavy (non-hydrogen) atoms. The zero-order chi connectivity index (χ0) is 14.3. The van der Waals surface area contributed by atoms with Crippen molar-refractivity contribution in [1.29, 1.82) is 0 Å². The molecule has 0 saturated heterocycles. The topological polar surface area (TPSA) is 40.5 Å². The predicted molar refractivity (Wildman–Crippen MR) is 85.1 cm³/mol. The molecule has 2 N–H and O–H groups in total. The van der Waals surface area contributed by atoms with Crippen molar-refractivity contribution in [3.63, 3.8) is 0 Å². The van der Waals surface area contributed by atoms with E-state index in [1.54, 1.807) is 0 Å². The Morgan fingerprint density at radius 3 is 2.40 bits per heavy atom. The summed E-state index contributed by atoms with van der Waals surface area (Å²) in [5.74, 6) is 0. The number of hydrogen-bond acceptors (Lipinski definition) is 3. The molecule has 0 aromatic heterocycles. The van der Waals surface area contributed by atoms with Crippen LogP contribution in [-0.4, -0.2) is 27.7 Å². The van der Waals surface area contributed by atoms with Gasteiger partial charge in [0, 0.05) is 16.2 Å². The van der Waals surface area contributed by atoms with Crippen LogP contribution < -0.4 is 0 Å². The Bertz CT molecular complexity index is 374. The fourth-order valence-corrected chi connectivity index (χ4v) is 4.60. The average molecular weight is 294 g/mol. The molecule has 0 amide bonds. The van der Waals surface area contributed by atoms with Crippen molar-refractivity contribution in [3.05, 3.63) is 30.3 Å². The van der Waals surface area contributed by atoms with Crippen molar-refractivity contribution < 1.29 is 10.2 Å². The first-order valence-electron chi connectivity index (χ1n) is 7.80. The van der Waals surface area contributed by atoms with Crippen molar-refractivity contribution >= 4 is 11.8 Å². The van der Waals surface area contributed by atoms with Gasteiger partial charge in [0.05, 0.1) is 6.10 Å².